The van der Waals surface area contributed by atoms with Crippen LogP contribution in [0.2, 0.25) is 0 Å². The average molecular weight is 342 g/mol. The lowest BCUT2D eigenvalue weighted by molar-refractivity contribution is -0.134. The highest BCUT2D eigenvalue weighted by Crippen LogP contribution is 2.17. The summed E-state index contributed by atoms with van der Waals surface area (Å²) in [6.45, 7) is 2.20. The van der Waals surface area contributed by atoms with Crippen LogP contribution in [0.15, 0.2) is 29.2 Å². The molecular formula is C17H26O5S. The van der Waals surface area contributed by atoms with Gasteiger partial charge in [-0.1, -0.05) is 51.9 Å². The molecule has 0 aliphatic heterocycles. The van der Waals surface area contributed by atoms with E-state index < -0.39 is 10.1 Å². The van der Waals surface area contributed by atoms with Crippen LogP contribution in [0.1, 0.15) is 64.7 Å². The Morgan fingerprint density at radius 3 is 2.00 bits per heavy atom. The zero-order valence-electron chi connectivity index (χ0n) is 13.7. The van der Waals surface area contributed by atoms with Gasteiger partial charge in [-0.3, -0.25) is 9.35 Å². The molecule has 130 valence electrons. The number of hydrogen-bond acceptors (Lipinski definition) is 4. The molecule has 0 unspecified atom stereocenters. The summed E-state index contributed by atoms with van der Waals surface area (Å²) in [5.41, 5.74) is 0. The van der Waals surface area contributed by atoms with Crippen LogP contribution < -0.4 is 4.74 Å². The van der Waals surface area contributed by atoms with Gasteiger partial charge in [0.05, 0.1) is 4.90 Å². The van der Waals surface area contributed by atoms with E-state index in [1.807, 2.05) is 0 Å². The summed E-state index contributed by atoms with van der Waals surface area (Å²) in [7, 11) is -4.22. The van der Waals surface area contributed by atoms with E-state index >= 15 is 0 Å². The highest BCUT2D eigenvalue weighted by atomic mass is 32.2. The van der Waals surface area contributed by atoms with Gasteiger partial charge in [-0.15, -0.1) is 0 Å². The highest BCUT2D eigenvalue weighted by molar-refractivity contribution is 7.85. The van der Waals surface area contributed by atoms with Gasteiger partial charge in [0.1, 0.15) is 5.75 Å². The molecule has 5 nitrogen and oxygen atoms in total. The van der Waals surface area contributed by atoms with E-state index in [1.54, 1.807) is 0 Å². The minimum Gasteiger partial charge on any atom is -0.427 e. The lowest BCUT2D eigenvalue weighted by atomic mass is 10.1. The molecular weight excluding hydrogens is 316 g/mol. The Morgan fingerprint density at radius 1 is 0.957 bits per heavy atom. The van der Waals surface area contributed by atoms with E-state index in [-0.39, 0.29) is 16.6 Å². The second kappa shape index (κ2) is 10.4. The van der Waals surface area contributed by atoms with Gasteiger partial charge >= 0.3 is 5.97 Å². The minimum atomic E-state index is -4.22. The smallest absolute Gasteiger partial charge is 0.311 e. The monoisotopic (exact) mass is 342 g/mol. The number of unbranched alkanes of at least 4 members (excludes halogenated alkanes) is 7. The summed E-state index contributed by atoms with van der Waals surface area (Å²) < 4.78 is 35.8. The summed E-state index contributed by atoms with van der Waals surface area (Å²) in [4.78, 5) is 11.5. The highest BCUT2D eigenvalue weighted by Gasteiger charge is 2.10. The number of carbonyl (C=O) groups is 1. The maximum Gasteiger partial charge on any atom is 0.311 e. The normalized spacial score (nSPS) is 11.4. The summed E-state index contributed by atoms with van der Waals surface area (Å²) in [6, 6.07) is 5.12. The Kier molecular flexibility index (Phi) is 8.87. The predicted octanol–water partition coefficient (Wildman–Crippen LogP) is 4.37. The molecule has 0 atom stereocenters. The number of benzene rings is 1. The van der Waals surface area contributed by atoms with Gasteiger partial charge in [-0.25, -0.2) is 0 Å². The Balaban J connectivity index is 2.19. The molecule has 0 saturated carbocycles. The fourth-order valence-electron chi connectivity index (χ4n) is 2.27. The summed E-state index contributed by atoms with van der Waals surface area (Å²) >= 11 is 0. The number of ether oxygens (including phenoxy) is 1. The van der Waals surface area contributed by atoms with Crippen molar-refractivity contribution in [2.75, 3.05) is 0 Å². The van der Waals surface area contributed by atoms with Crippen LogP contribution in [0, 0.1) is 0 Å². The second-order valence-electron chi connectivity index (χ2n) is 5.65. The third-order valence-electron chi connectivity index (χ3n) is 3.59. The fourth-order valence-corrected chi connectivity index (χ4v) is 2.75. The fraction of sp³-hybridized carbons (Fsp3) is 0.588. The number of esters is 1. The van der Waals surface area contributed by atoms with Crippen molar-refractivity contribution in [3.63, 3.8) is 0 Å². The Labute approximate surface area is 138 Å². The standard InChI is InChI=1S/C17H26O5S/c1-2-3-4-5-6-7-8-9-10-17(18)22-15-11-13-16(14-12-15)23(19,20)21/h11-14H,2-10H2,1H3,(H,19,20,21). The Hall–Kier alpha value is -1.40. The van der Waals surface area contributed by atoms with E-state index in [0.29, 0.717) is 6.42 Å². The molecule has 1 N–H and O–H groups in total. The summed E-state index contributed by atoms with van der Waals surface area (Å²) in [5, 5.41) is 0. The van der Waals surface area contributed by atoms with E-state index in [9.17, 15) is 13.2 Å². The van der Waals surface area contributed by atoms with Crippen LogP contribution in [0.3, 0.4) is 0 Å². The SMILES string of the molecule is CCCCCCCCCCC(=O)Oc1ccc(S(=O)(=O)O)cc1. The van der Waals surface area contributed by atoms with Gasteiger partial charge in [0.15, 0.2) is 0 Å². The van der Waals surface area contributed by atoms with Gasteiger partial charge in [0.2, 0.25) is 0 Å². The van der Waals surface area contributed by atoms with Crippen LogP contribution in [-0.4, -0.2) is 18.9 Å². The van der Waals surface area contributed by atoms with Crippen molar-refractivity contribution in [2.24, 2.45) is 0 Å². The predicted molar refractivity (Wildman–Crippen MR) is 89.1 cm³/mol. The summed E-state index contributed by atoms with van der Waals surface area (Å²) in [6.07, 6.45) is 9.62. The van der Waals surface area contributed by atoms with Gasteiger partial charge < -0.3 is 4.74 Å². The summed E-state index contributed by atoms with van der Waals surface area (Å²) in [5.74, 6) is -0.0439. The maximum absolute atomic E-state index is 11.7. The van der Waals surface area contributed by atoms with Crippen molar-refractivity contribution in [3.8, 4) is 5.75 Å². The lowest BCUT2D eigenvalue weighted by Crippen LogP contribution is -2.07. The Morgan fingerprint density at radius 2 is 1.48 bits per heavy atom. The zero-order chi connectivity index (χ0) is 17.1. The molecule has 0 bridgehead atoms. The van der Waals surface area contributed by atoms with Crippen LogP contribution >= 0.6 is 0 Å². The van der Waals surface area contributed by atoms with E-state index in [2.05, 4.69) is 6.92 Å². The average Bonchev–Trinajstić information content (AvgIpc) is 2.49. The molecule has 0 radical (unpaired) electrons. The first-order valence-corrected chi connectivity index (χ1v) is 9.65. The van der Waals surface area contributed by atoms with Crippen molar-refractivity contribution in [2.45, 2.75) is 69.6 Å². The number of rotatable bonds is 11. The van der Waals surface area contributed by atoms with E-state index in [0.717, 1.165) is 19.3 Å². The first-order chi connectivity index (χ1) is 10.9. The second-order valence-corrected chi connectivity index (χ2v) is 7.07. The molecule has 0 amide bonds. The van der Waals surface area contributed by atoms with Crippen LogP contribution in [0.25, 0.3) is 0 Å². The van der Waals surface area contributed by atoms with Crippen LogP contribution in [0.4, 0.5) is 0 Å². The topological polar surface area (TPSA) is 80.7 Å². The molecule has 0 fully saturated rings. The third kappa shape index (κ3) is 8.71. The molecule has 0 aliphatic rings. The third-order valence-corrected chi connectivity index (χ3v) is 4.46. The quantitative estimate of drug-likeness (QED) is 0.279. The molecule has 6 heteroatoms. The number of hydrogen-bond donors (Lipinski definition) is 1. The molecule has 1 rings (SSSR count). The van der Waals surface area contributed by atoms with Crippen molar-refractivity contribution in [1.82, 2.24) is 0 Å². The van der Waals surface area contributed by atoms with Crippen molar-refractivity contribution in [1.29, 1.82) is 0 Å². The molecule has 1 aromatic rings. The minimum absolute atomic E-state index is 0.222. The largest absolute Gasteiger partial charge is 0.427 e. The number of carbonyl (C=O) groups excluding carboxylic acids is 1. The molecule has 0 spiro atoms. The van der Waals surface area contributed by atoms with Crippen molar-refractivity contribution >= 4 is 16.1 Å². The van der Waals surface area contributed by atoms with Crippen LogP contribution in [0.5, 0.6) is 5.75 Å². The van der Waals surface area contributed by atoms with Crippen LogP contribution in [-0.2, 0) is 14.9 Å². The molecule has 0 aliphatic carbocycles. The lowest BCUT2D eigenvalue weighted by Gasteiger charge is -2.05. The van der Waals surface area contributed by atoms with Crippen molar-refractivity contribution < 1.29 is 22.5 Å². The molecule has 0 saturated heterocycles. The maximum atomic E-state index is 11.7. The van der Waals surface area contributed by atoms with Gasteiger partial charge in [-0.05, 0) is 30.7 Å². The molecule has 23 heavy (non-hydrogen) atoms. The first kappa shape index (κ1) is 19.6. The van der Waals surface area contributed by atoms with Crippen molar-refractivity contribution in [3.05, 3.63) is 24.3 Å². The zero-order valence-corrected chi connectivity index (χ0v) is 14.5. The molecule has 1 aromatic carbocycles. The molecule has 0 aromatic heterocycles. The van der Waals surface area contributed by atoms with E-state index in [1.165, 1.54) is 56.4 Å². The Bertz CT molecular complexity index is 563. The first-order valence-electron chi connectivity index (χ1n) is 8.21. The van der Waals surface area contributed by atoms with Gasteiger partial charge in [0, 0.05) is 6.42 Å². The van der Waals surface area contributed by atoms with Gasteiger partial charge in [-0.2, -0.15) is 8.42 Å². The van der Waals surface area contributed by atoms with E-state index in [4.69, 9.17) is 9.29 Å². The van der Waals surface area contributed by atoms with Gasteiger partial charge in [0.25, 0.3) is 10.1 Å². The molecule has 0 heterocycles.